The Morgan fingerprint density at radius 1 is 1.33 bits per heavy atom. The van der Waals surface area contributed by atoms with E-state index in [2.05, 4.69) is 0 Å². The molecule has 0 radical (unpaired) electrons. The molecule has 0 bridgehead atoms. The number of rotatable bonds is 4. The van der Waals surface area contributed by atoms with E-state index in [0.29, 0.717) is 18.1 Å². The summed E-state index contributed by atoms with van der Waals surface area (Å²) in [6.07, 6.45) is 1.24. The van der Waals surface area contributed by atoms with Crippen LogP contribution in [0.1, 0.15) is 47.5 Å². The molecule has 0 aliphatic carbocycles. The van der Waals surface area contributed by atoms with E-state index in [4.69, 9.17) is 4.74 Å². The quantitative estimate of drug-likeness (QED) is 0.776. The molecule has 0 aromatic rings. The number of amides is 1. The summed E-state index contributed by atoms with van der Waals surface area (Å²) in [5.74, 6) is 0.870. The fourth-order valence-corrected chi connectivity index (χ4v) is 2.17. The van der Waals surface area contributed by atoms with E-state index >= 15 is 0 Å². The second-order valence-corrected chi connectivity index (χ2v) is 6.21. The molecule has 1 unspecified atom stereocenters. The molecule has 0 spiro atoms. The first kappa shape index (κ1) is 15.0. The third-order valence-electron chi connectivity index (χ3n) is 3.19. The predicted molar refractivity (Wildman–Crippen MR) is 70.4 cm³/mol. The van der Waals surface area contributed by atoms with Gasteiger partial charge in [0.1, 0.15) is 11.4 Å². The highest BCUT2D eigenvalue weighted by Crippen LogP contribution is 2.25. The molecule has 104 valence electrons. The average Bonchev–Trinajstić information content (AvgIpc) is 2.18. The normalized spacial score (nSPS) is 18.2. The number of carbonyl (C=O) groups is 2. The Labute approximate surface area is 110 Å². The van der Waals surface area contributed by atoms with E-state index < -0.39 is 5.60 Å². The topological polar surface area (TPSA) is 46.6 Å². The van der Waals surface area contributed by atoms with Crippen molar-refractivity contribution in [2.24, 2.45) is 11.8 Å². The van der Waals surface area contributed by atoms with Crippen LogP contribution < -0.4 is 0 Å². The first-order valence-electron chi connectivity index (χ1n) is 6.73. The summed E-state index contributed by atoms with van der Waals surface area (Å²) in [7, 11) is 0. The van der Waals surface area contributed by atoms with E-state index in [9.17, 15) is 9.59 Å². The predicted octanol–water partition coefficient (Wildman–Crippen LogP) is 2.86. The Kier molecular flexibility index (Phi) is 4.77. The van der Waals surface area contributed by atoms with Gasteiger partial charge in [-0.05, 0) is 33.1 Å². The average molecular weight is 255 g/mol. The monoisotopic (exact) mass is 255 g/mol. The van der Waals surface area contributed by atoms with Gasteiger partial charge in [0.25, 0.3) is 0 Å². The zero-order chi connectivity index (χ0) is 13.9. The molecule has 1 aliphatic rings. The van der Waals surface area contributed by atoms with Crippen molar-refractivity contribution in [3.8, 4) is 0 Å². The van der Waals surface area contributed by atoms with Crippen LogP contribution in [0.4, 0.5) is 4.79 Å². The minimum absolute atomic E-state index is 0.112. The first-order valence-corrected chi connectivity index (χ1v) is 6.73. The summed E-state index contributed by atoms with van der Waals surface area (Å²) in [6, 6.07) is 0. The van der Waals surface area contributed by atoms with Crippen molar-refractivity contribution in [3.63, 3.8) is 0 Å². The van der Waals surface area contributed by atoms with Gasteiger partial charge in [-0.15, -0.1) is 0 Å². The van der Waals surface area contributed by atoms with Crippen LogP contribution in [-0.2, 0) is 9.53 Å². The second-order valence-electron chi connectivity index (χ2n) is 6.21. The highest BCUT2D eigenvalue weighted by Gasteiger charge is 2.34. The maximum Gasteiger partial charge on any atom is 0.410 e. The van der Waals surface area contributed by atoms with Crippen LogP contribution >= 0.6 is 0 Å². The standard InChI is InChI=1S/C14H25NO3/c1-6-12(16)10(2)7-11-8-15(9-11)13(17)18-14(3,4)5/h10-11H,6-9H2,1-5H3. The van der Waals surface area contributed by atoms with Crippen molar-refractivity contribution in [2.75, 3.05) is 13.1 Å². The summed E-state index contributed by atoms with van der Waals surface area (Å²) in [5, 5.41) is 0. The number of likely N-dealkylation sites (tertiary alicyclic amines) is 1. The van der Waals surface area contributed by atoms with Crippen LogP contribution in [0.15, 0.2) is 0 Å². The summed E-state index contributed by atoms with van der Waals surface area (Å²) in [6.45, 7) is 10.9. The highest BCUT2D eigenvalue weighted by molar-refractivity contribution is 5.80. The molecule has 18 heavy (non-hydrogen) atoms. The molecule has 1 amide bonds. The number of hydrogen-bond acceptors (Lipinski definition) is 3. The molecule has 4 heteroatoms. The fraction of sp³-hybridized carbons (Fsp3) is 0.857. The van der Waals surface area contributed by atoms with Crippen molar-refractivity contribution in [1.29, 1.82) is 0 Å². The molecule has 1 heterocycles. The Morgan fingerprint density at radius 3 is 2.33 bits per heavy atom. The summed E-state index contributed by atoms with van der Waals surface area (Å²) < 4.78 is 5.28. The Balaban J connectivity index is 2.28. The third-order valence-corrected chi connectivity index (χ3v) is 3.19. The van der Waals surface area contributed by atoms with Gasteiger partial charge in [-0.2, -0.15) is 0 Å². The Hall–Kier alpha value is -1.06. The minimum atomic E-state index is -0.437. The molecular formula is C14H25NO3. The van der Waals surface area contributed by atoms with Crippen LogP contribution in [-0.4, -0.2) is 35.5 Å². The third kappa shape index (κ3) is 4.31. The number of hydrogen-bond donors (Lipinski definition) is 0. The molecule has 1 saturated heterocycles. The van der Waals surface area contributed by atoms with Crippen LogP contribution in [0.2, 0.25) is 0 Å². The van der Waals surface area contributed by atoms with E-state index in [1.807, 2.05) is 34.6 Å². The molecule has 1 aliphatic heterocycles. The van der Waals surface area contributed by atoms with Crippen molar-refractivity contribution in [1.82, 2.24) is 4.90 Å². The number of ether oxygens (including phenoxy) is 1. The van der Waals surface area contributed by atoms with E-state index in [1.165, 1.54) is 0 Å². The van der Waals surface area contributed by atoms with Gasteiger partial charge in [0.15, 0.2) is 0 Å². The van der Waals surface area contributed by atoms with Crippen LogP contribution in [0.5, 0.6) is 0 Å². The van der Waals surface area contributed by atoms with Crippen molar-refractivity contribution < 1.29 is 14.3 Å². The lowest BCUT2D eigenvalue weighted by Gasteiger charge is -2.40. The van der Waals surface area contributed by atoms with Gasteiger partial charge in [-0.1, -0.05) is 13.8 Å². The second kappa shape index (κ2) is 5.72. The fourth-order valence-electron chi connectivity index (χ4n) is 2.17. The van der Waals surface area contributed by atoms with E-state index in [0.717, 1.165) is 19.5 Å². The van der Waals surface area contributed by atoms with Gasteiger partial charge < -0.3 is 9.64 Å². The largest absolute Gasteiger partial charge is 0.444 e. The van der Waals surface area contributed by atoms with Crippen molar-refractivity contribution in [3.05, 3.63) is 0 Å². The van der Waals surface area contributed by atoms with Crippen LogP contribution in [0, 0.1) is 11.8 Å². The number of Topliss-reactive ketones (excluding diaryl/α,β-unsaturated/α-hetero) is 1. The maximum atomic E-state index is 11.7. The summed E-state index contributed by atoms with van der Waals surface area (Å²) >= 11 is 0. The van der Waals surface area contributed by atoms with Gasteiger partial charge in [-0.3, -0.25) is 4.79 Å². The van der Waals surface area contributed by atoms with Gasteiger partial charge in [0.05, 0.1) is 0 Å². The summed E-state index contributed by atoms with van der Waals surface area (Å²) in [5.41, 5.74) is -0.437. The molecule has 1 rings (SSSR count). The molecule has 1 atom stereocenters. The minimum Gasteiger partial charge on any atom is -0.444 e. The van der Waals surface area contributed by atoms with E-state index in [-0.39, 0.29) is 12.0 Å². The van der Waals surface area contributed by atoms with Gasteiger partial charge in [-0.25, -0.2) is 4.79 Å². The lowest BCUT2D eigenvalue weighted by atomic mass is 9.87. The zero-order valence-corrected chi connectivity index (χ0v) is 12.2. The van der Waals surface area contributed by atoms with Gasteiger partial charge >= 0.3 is 6.09 Å². The highest BCUT2D eigenvalue weighted by atomic mass is 16.6. The molecule has 0 aromatic heterocycles. The SMILES string of the molecule is CCC(=O)C(C)CC1CN(C(=O)OC(C)(C)C)C1. The lowest BCUT2D eigenvalue weighted by Crippen LogP contribution is -2.52. The zero-order valence-electron chi connectivity index (χ0n) is 12.2. The number of ketones is 1. The number of carbonyl (C=O) groups excluding carboxylic acids is 2. The molecule has 0 N–H and O–H groups in total. The first-order chi connectivity index (χ1) is 8.23. The van der Waals surface area contributed by atoms with Gasteiger partial charge in [0.2, 0.25) is 0 Å². The number of nitrogens with zero attached hydrogens (tertiary/aromatic N) is 1. The maximum absolute atomic E-state index is 11.7. The van der Waals surface area contributed by atoms with Crippen molar-refractivity contribution >= 4 is 11.9 Å². The molecule has 1 fully saturated rings. The van der Waals surface area contributed by atoms with Crippen LogP contribution in [0.3, 0.4) is 0 Å². The van der Waals surface area contributed by atoms with Crippen molar-refractivity contribution in [2.45, 2.75) is 53.1 Å². The smallest absolute Gasteiger partial charge is 0.410 e. The van der Waals surface area contributed by atoms with E-state index in [1.54, 1.807) is 4.90 Å². The molecular weight excluding hydrogens is 230 g/mol. The van der Waals surface area contributed by atoms with Gasteiger partial charge in [0, 0.05) is 25.4 Å². The lowest BCUT2D eigenvalue weighted by molar-refractivity contribution is -0.122. The molecule has 4 nitrogen and oxygen atoms in total. The van der Waals surface area contributed by atoms with Crippen LogP contribution in [0.25, 0.3) is 0 Å². The Bertz CT molecular complexity index is 313. The molecule has 0 aromatic carbocycles. The summed E-state index contributed by atoms with van der Waals surface area (Å²) in [4.78, 5) is 24.9. The molecule has 0 saturated carbocycles. The Morgan fingerprint density at radius 2 is 1.89 bits per heavy atom.